The van der Waals surface area contributed by atoms with Gasteiger partial charge in [0.05, 0.1) is 10.6 Å². The van der Waals surface area contributed by atoms with Crippen molar-refractivity contribution in [2.24, 2.45) is 0 Å². The summed E-state index contributed by atoms with van der Waals surface area (Å²) in [5.41, 5.74) is 2.06. The number of aromatic nitrogens is 1. The number of nitro groups is 1. The topological polar surface area (TPSA) is 99.5 Å². The van der Waals surface area contributed by atoms with Crippen molar-refractivity contribution in [3.8, 4) is 5.75 Å². The molecule has 32 heavy (non-hydrogen) atoms. The van der Waals surface area contributed by atoms with E-state index in [0.29, 0.717) is 28.2 Å². The maximum atomic E-state index is 13.5. The minimum Gasteiger partial charge on any atom is -0.507 e. The van der Waals surface area contributed by atoms with Crippen molar-refractivity contribution in [3.63, 3.8) is 0 Å². The zero-order valence-electron chi connectivity index (χ0n) is 19.3. The summed E-state index contributed by atoms with van der Waals surface area (Å²) in [5.74, 6) is -0.0982. The van der Waals surface area contributed by atoms with Crippen molar-refractivity contribution in [1.29, 1.82) is 0 Å². The SMILES string of the molecule is CC(C)(C)c1cc(N(C(=O)c2ccc[nH]2)c2ccc([N+](=O)[O-])cc2)cc(C(C)(C)C)c1O. The predicted molar refractivity (Wildman–Crippen MR) is 126 cm³/mol. The molecule has 7 heteroatoms. The smallest absolute Gasteiger partial charge is 0.279 e. The molecule has 1 amide bonds. The van der Waals surface area contributed by atoms with Crippen LogP contribution in [0.1, 0.15) is 63.2 Å². The average molecular weight is 436 g/mol. The number of anilines is 2. The van der Waals surface area contributed by atoms with E-state index in [-0.39, 0.29) is 28.2 Å². The van der Waals surface area contributed by atoms with Crippen LogP contribution in [0, 0.1) is 10.1 Å². The Bertz CT molecular complexity index is 1100. The van der Waals surface area contributed by atoms with E-state index in [4.69, 9.17) is 0 Å². The van der Waals surface area contributed by atoms with Gasteiger partial charge in [-0.15, -0.1) is 0 Å². The molecule has 168 valence electrons. The Morgan fingerprint density at radius 1 is 0.938 bits per heavy atom. The fourth-order valence-electron chi connectivity index (χ4n) is 3.58. The molecule has 3 rings (SSSR count). The van der Waals surface area contributed by atoms with Gasteiger partial charge in [0.2, 0.25) is 0 Å². The Kier molecular flexibility index (Phi) is 5.87. The number of benzene rings is 2. The maximum Gasteiger partial charge on any atom is 0.279 e. The Morgan fingerprint density at radius 3 is 1.88 bits per heavy atom. The van der Waals surface area contributed by atoms with Crippen molar-refractivity contribution >= 4 is 23.0 Å². The lowest BCUT2D eigenvalue weighted by molar-refractivity contribution is -0.384. The number of nitrogens with zero attached hydrogens (tertiary/aromatic N) is 2. The van der Waals surface area contributed by atoms with Crippen molar-refractivity contribution in [2.45, 2.75) is 52.4 Å². The number of nitrogens with one attached hydrogen (secondary N) is 1. The molecule has 0 atom stereocenters. The molecule has 0 fully saturated rings. The molecule has 0 unspecified atom stereocenters. The first-order chi connectivity index (χ1) is 14.8. The van der Waals surface area contributed by atoms with Crippen molar-refractivity contribution < 1.29 is 14.8 Å². The van der Waals surface area contributed by atoms with E-state index in [9.17, 15) is 20.0 Å². The predicted octanol–water partition coefficient (Wildman–Crippen LogP) is 6.20. The number of hydrogen-bond donors (Lipinski definition) is 2. The molecule has 0 radical (unpaired) electrons. The highest BCUT2D eigenvalue weighted by Crippen LogP contribution is 2.43. The monoisotopic (exact) mass is 435 g/mol. The number of carbonyl (C=O) groups excluding carboxylic acids is 1. The van der Waals surface area contributed by atoms with Crippen LogP contribution in [0.4, 0.5) is 17.1 Å². The Balaban J connectivity index is 2.29. The van der Waals surface area contributed by atoms with Crippen molar-refractivity contribution in [2.75, 3.05) is 4.90 Å². The van der Waals surface area contributed by atoms with Gasteiger partial charge in [-0.3, -0.25) is 19.8 Å². The number of phenolic OH excluding ortho intramolecular Hbond substituents is 1. The summed E-state index contributed by atoms with van der Waals surface area (Å²) in [4.78, 5) is 28.6. The minimum atomic E-state index is -0.475. The van der Waals surface area contributed by atoms with Crippen LogP contribution in [-0.4, -0.2) is 20.9 Å². The molecule has 0 aliphatic carbocycles. The largest absolute Gasteiger partial charge is 0.507 e. The van der Waals surface area contributed by atoms with Crippen LogP contribution in [0.25, 0.3) is 0 Å². The summed E-state index contributed by atoms with van der Waals surface area (Å²) in [6, 6.07) is 12.9. The van der Waals surface area contributed by atoms with Crippen LogP contribution in [0.15, 0.2) is 54.7 Å². The fourth-order valence-corrected chi connectivity index (χ4v) is 3.58. The van der Waals surface area contributed by atoms with Crippen LogP contribution >= 0.6 is 0 Å². The molecule has 0 spiro atoms. The van der Waals surface area contributed by atoms with Crippen molar-refractivity contribution in [3.05, 3.63) is 81.7 Å². The van der Waals surface area contributed by atoms with Crippen LogP contribution in [0.3, 0.4) is 0 Å². The Labute approximate surface area is 187 Å². The number of aromatic hydroxyl groups is 1. The highest BCUT2D eigenvalue weighted by Gasteiger charge is 2.30. The van der Waals surface area contributed by atoms with Crippen LogP contribution in [-0.2, 0) is 10.8 Å². The van der Waals surface area contributed by atoms with E-state index in [1.54, 1.807) is 30.5 Å². The maximum absolute atomic E-state index is 13.5. The van der Waals surface area contributed by atoms with Gasteiger partial charge in [0.15, 0.2) is 0 Å². The van der Waals surface area contributed by atoms with Crippen molar-refractivity contribution in [1.82, 2.24) is 4.98 Å². The zero-order valence-corrected chi connectivity index (χ0v) is 19.3. The van der Waals surface area contributed by atoms with E-state index in [0.717, 1.165) is 0 Å². The standard InChI is InChI=1S/C25H29N3O4/c1-24(2,3)19-14-18(15-20(22(19)29)25(4,5)6)27(23(30)21-8-7-13-26-21)16-9-11-17(12-10-16)28(31)32/h7-15,26,29H,1-6H3. The first-order valence-corrected chi connectivity index (χ1v) is 10.4. The molecular weight excluding hydrogens is 406 g/mol. The number of rotatable bonds is 4. The quantitative estimate of drug-likeness (QED) is 0.376. The number of phenols is 1. The Morgan fingerprint density at radius 2 is 1.47 bits per heavy atom. The van der Waals surface area contributed by atoms with Gasteiger partial charge < -0.3 is 10.1 Å². The number of nitro benzene ring substituents is 1. The van der Waals surface area contributed by atoms with Gasteiger partial charge in [0, 0.05) is 35.1 Å². The summed E-state index contributed by atoms with van der Waals surface area (Å²) < 4.78 is 0. The van der Waals surface area contributed by atoms with Gasteiger partial charge in [-0.2, -0.15) is 0 Å². The van der Waals surface area contributed by atoms with Gasteiger partial charge in [-0.25, -0.2) is 0 Å². The number of aromatic amines is 1. The summed E-state index contributed by atoms with van der Waals surface area (Å²) in [7, 11) is 0. The normalized spacial score (nSPS) is 11.9. The molecule has 3 aromatic rings. The van der Waals surface area contributed by atoms with Gasteiger partial charge >= 0.3 is 0 Å². The van der Waals surface area contributed by atoms with E-state index in [2.05, 4.69) is 4.98 Å². The van der Waals surface area contributed by atoms with E-state index >= 15 is 0 Å². The van der Waals surface area contributed by atoms with Crippen LogP contribution < -0.4 is 4.90 Å². The highest BCUT2D eigenvalue weighted by molar-refractivity contribution is 6.10. The molecule has 2 N–H and O–H groups in total. The number of carbonyl (C=O) groups is 1. The van der Waals surface area contributed by atoms with Gasteiger partial charge in [0.1, 0.15) is 11.4 Å². The molecule has 0 aliphatic rings. The molecule has 0 bridgehead atoms. The molecule has 1 aromatic heterocycles. The molecular formula is C25H29N3O4. The first kappa shape index (κ1) is 23.1. The van der Waals surface area contributed by atoms with E-state index in [1.165, 1.54) is 17.0 Å². The fraction of sp³-hybridized carbons (Fsp3) is 0.320. The lowest BCUT2D eigenvalue weighted by Crippen LogP contribution is -2.28. The molecule has 0 aliphatic heterocycles. The number of non-ortho nitro benzene ring substituents is 1. The highest BCUT2D eigenvalue weighted by atomic mass is 16.6. The summed E-state index contributed by atoms with van der Waals surface area (Å²) in [6.07, 6.45) is 1.67. The number of H-pyrrole nitrogens is 1. The molecule has 0 saturated heterocycles. The number of hydrogen-bond acceptors (Lipinski definition) is 4. The third-order valence-electron chi connectivity index (χ3n) is 5.32. The second-order valence-electron chi connectivity index (χ2n) is 9.89. The lowest BCUT2D eigenvalue weighted by atomic mass is 9.79. The number of amides is 1. The second-order valence-corrected chi connectivity index (χ2v) is 9.89. The summed E-state index contributed by atoms with van der Waals surface area (Å²) in [6.45, 7) is 12.0. The second kappa shape index (κ2) is 8.15. The Hall–Kier alpha value is -3.61. The van der Waals surface area contributed by atoms with Gasteiger partial charge in [0.25, 0.3) is 11.6 Å². The molecule has 7 nitrogen and oxygen atoms in total. The zero-order chi connectivity index (χ0) is 23.8. The molecule has 1 heterocycles. The van der Waals surface area contributed by atoms with Crippen LogP contribution in [0.5, 0.6) is 5.75 Å². The summed E-state index contributed by atoms with van der Waals surface area (Å²) in [5, 5.41) is 22.2. The van der Waals surface area contributed by atoms with E-state index in [1.807, 2.05) is 53.7 Å². The lowest BCUT2D eigenvalue weighted by Gasteiger charge is -2.31. The molecule has 0 saturated carbocycles. The third kappa shape index (κ3) is 4.51. The van der Waals surface area contributed by atoms with Gasteiger partial charge in [-0.05, 0) is 47.2 Å². The minimum absolute atomic E-state index is 0.0579. The molecule has 2 aromatic carbocycles. The summed E-state index contributed by atoms with van der Waals surface area (Å²) >= 11 is 0. The first-order valence-electron chi connectivity index (χ1n) is 10.4. The van der Waals surface area contributed by atoms with Crippen LogP contribution in [0.2, 0.25) is 0 Å². The average Bonchev–Trinajstić information content (AvgIpc) is 3.22. The van der Waals surface area contributed by atoms with E-state index < -0.39 is 4.92 Å². The third-order valence-corrected chi connectivity index (χ3v) is 5.32. The van der Waals surface area contributed by atoms with Gasteiger partial charge in [-0.1, -0.05) is 41.5 Å².